The summed E-state index contributed by atoms with van der Waals surface area (Å²) in [5.41, 5.74) is 4.14. The van der Waals surface area contributed by atoms with Crippen molar-refractivity contribution >= 4 is 17.5 Å². The second kappa shape index (κ2) is 6.61. The molecule has 146 valence electrons. The lowest BCUT2D eigenvalue weighted by Crippen LogP contribution is -2.44. The first-order valence-corrected chi connectivity index (χ1v) is 9.73. The third-order valence-electron chi connectivity index (χ3n) is 5.93. The summed E-state index contributed by atoms with van der Waals surface area (Å²) in [7, 11) is 0. The minimum atomic E-state index is -0.962. The van der Waals surface area contributed by atoms with Gasteiger partial charge >= 0.3 is 0 Å². The lowest BCUT2D eigenvalue weighted by molar-refractivity contribution is -0.132. The quantitative estimate of drug-likeness (QED) is 0.824. The van der Waals surface area contributed by atoms with Crippen LogP contribution in [0.5, 0.6) is 0 Å². The summed E-state index contributed by atoms with van der Waals surface area (Å²) in [5, 5.41) is 10.4. The molecule has 3 aliphatic rings. The van der Waals surface area contributed by atoms with Crippen LogP contribution in [0.15, 0.2) is 24.3 Å². The predicted molar refractivity (Wildman–Crippen MR) is 101 cm³/mol. The van der Waals surface area contributed by atoms with Crippen molar-refractivity contribution in [3.8, 4) is 0 Å². The van der Waals surface area contributed by atoms with Crippen LogP contribution in [0.4, 0.5) is 10.1 Å². The number of carbonyl (C=O) groups is 2. The number of nitrogens with one attached hydrogen (secondary N) is 2. The molecule has 1 aromatic carbocycles. The Labute approximate surface area is 161 Å². The van der Waals surface area contributed by atoms with Crippen molar-refractivity contribution in [3.05, 3.63) is 46.8 Å². The average molecular weight is 383 g/mol. The lowest BCUT2D eigenvalue weighted by atomic mass is 10.0. The molecule has 2 aromatic rings. The zero-order valence-electron chi connectivity index (χ0n) is 15.4. The van der Waals surface area contributed by atoms with E-state index in [4.69, 9.17) is 0 Å². The number of aromatic nitrogens is 2. The fourth-order valence-electron chi connectivity index (χ4n) is 4.38. The maximum absolute atomic E-state index is 13.5. The van der Waals surface area contributed by atoms with Gasteiger partial charge in [0.2, 0.25) is 5.91 Å². The Morgan fingerprint density at radius 3 is 2.82 bits per heavy atom. The van der Waals surface area contributed by atoms with Crippen molar-refractivity contribution < 1.29 is 14.0 Å². The van der Waals surface area contributed by atoms with E-state index in [2.05, 4.69) is 15.5 Å². The van der Waals surface area contributed by atoms with Crippen LogP contribution in [0.1, 0.15) is 33.7 Å². The highest BCUT2D eigenvalue weighted by molar-refractivity contribution is 5.95. The smallest absolute Gasteiger partial charge is 0.272 e. The molecule has 3 aliphatic heterocycles. The van der Waals surface area contributed by atoms with E-state index in [9.17, 15) is 14.0 Å². The fraction of sp³-hybridized carbons (Fsp3) is 0.450. The summed E-state index contributed by atoms with van der Waals surface area (Å²) in [6.07, 6.45) is 0.689. The number of para-hydroxylation sites is 1. The van der Waals surface area contributed by atoms with E-state index in [-0.39, 0.29) is 24.4 Å². The van der Waals surface area contributed by atoms with Crippen molar-refractivity contribution in [2.75, 3.05) is 25.0 Å². The number of hydrogen-bond acceptors (Lipinski definition) is 4. The Balaban J connectivity index is 1.32. The van der Waals surface area contributed by atoms with Crippen LogP contribution in [0.25, 0.3) is 0 Å². The lowest BCUT2D eigenvalue weighted by Gasteiger charge is -2.29. The Morgan fingerprint density at radius 1 is 1.18 bits per heavy atom. The van der Waals surface area contributed by atoms with E-state index in [0.29, 0.717) is 44.6 Å². The molecule has 2 atom stereocenters. The van der Waals surface area contributed by atoms with Crippen LogP contribution in [-0.2, 0) is 24.2 Å². The molecule has 2 amide bonds. The zero-order valence-corrected chi connectivity index (χ0v) is 15.4. The third-order valence-corrected chi connectivity index (χ3v) is 5.93. The van der Waals surface area contributed by atoms with E-state index in [1.165, 1.54) is 4.90 Å². The largest absolute Gasteiger partial charge is 0.373 e. The SMILES string of the molecule is O=C(c1[nH]nc2c1CN(C(=O)C1Cc3ccccc3N1)CC2)N1CC[C@H](F)C1. The van der Waals surface area contributed by atoms with Gasteiger partial charge in [0.1, 0.15) is 17.9 Å². The highest BCUT2D eigenvalue weighted by Crippen LogP contribution is 2.28. The van der Waals surface area contributed by atoms with Gasteiger partial charge in [-0.05, 0) is 18.1 Å². The summed E-state index contributed by atoms with van der Waals surface area (Å²) in [6.45, 7) is 1.47. The number of nitrogens with zero attached hydrogens (tertiary/aromatic N) is 3. The topological polar surface area (TPSA) is 81.3 Å². The third kappa shape index (κ3) is 2.83. The van der Waals surface area contributed by atoms with E-state index < -0.39 is 6.17 Å². The number of amides is 2. The van der Waals surface area contributed by atoms with Crippen LogP contribution in [0.3, 0.4) is 0 Å². The van der Waals surface area contributed by atoms with Crippen molar-refractivity contribution in [1.29, 1.82) is 0 Å². The summed E-state index contributed by atoms with van der Waals surface area (Å²) < 4.78 is 13.5. The van der Waals surface area contributed by atoms with Gasteiger partial charge in [0.15, 0.2) is 0 Å². The summed E-state index contributed by atoms with van der Waals surface area (Å²) in [4.78, 5) is 29.2. The Bertz CT molecular complexity index is 917. The first-order valence-electron chi connectivity index (χ1n) is 9.73. The van der Waals surface area contributed by atoms with E-state index in [1.807, 2.05) is 24.3 Å². The number of H-pyrrole nitrogens is 1. The molecule has 8 heteroatoms. The van der Waals surface area contributed by atoms with Crippen molar-refractivity contribution in [1.82, 2.24) is 20.0 Å². The van der Waals surface area contributed by atoms with Crippen molar-refractivity contribution in [2.45, 2.75) is 38.0 Å². The second-order valence-electron chi connectivity index (χ2n) is 7.73. The van der Waals surface area contributed by atoms with Gasteiger partial charge in [-0.25, -0.2) is 4.39 Å². The highest BCUT2D eigenvalue weighted by atomic mass is 19.1. The fourth-order valence-corrected chi connectivity index (χ4v) is 4.38. The highest BCUT2D eigenvalue weighted by Gasteiger charge is 2.35. The Morgan fingerprint density at radius 2 is 2.04 bits per heavy atom. The Kier molecular flexibility index (Phi) is 4.07. The number of alkyl halides is 1. The second-order valence-corrected chi connectivity index (χ2v) is 7.73. The summed E-state index contributed by atoms with van der Waals surface area (Å²) in [6, 6.07) is 7.67. The van der Waals surface area contributed by atoms with E-state index in [1.54, 1.807) is 4.90 Å². The molecule has 1 aromatic heterocycles. The summed E-state index contributed by atoms with van der Waals surface area (Å²) in [5.74, 6) is -0.193. The molecule has 1 unspecified atom stereocenters. The predicted octanol–water partition coefficient (Wildman–Crippen LogP) is 1.52. The van der Waals surface area contributed by atoms with Crippen molar-refractivity contribution in [2.24, 2.45) is 0 Å². The molecule has 7 nitrogen and oxygen atoms in total. The van der Waals surface area contributed by atoms with Crippen LogP contribution in [-0.4, -0.2) is 63.7 Å². The first kappa shape index (κ1) is 17.2. The average Bonchev–Trinajstić information content (AvgIpc) is 3.43. The van der Waals surface area contributed by atoms with Crippen LogP contribution >= 0.6 is 0 Å². The monoisotopic (exact) mass is 383 g/mol. The molecule has 0 bridgehead atoms. The van der Waals surface area contributed by atoms with Gasteiger partial charge in [0.25, 0.3) is 5.91 Å². The molecule has 2 N–H and O–H groups in total. The number of hydrogen-bond donors (Lipinski definition) is 2. The van der Waals surface area contributed by atoms with Gasteiger partial charge < -0.3 is 15.1 Å². The van der Waals surface area contributed by atoms with Gasteiger partial charge in [-0.1, -0.05) is 18.2 Å². The van der Waals surface area contributed by atoms with E-state index in [0.717, 1.165) is 22.5 Å². The van der Waals surface area contributed by atoms with Gasteiger partial charge in [-0.2, -0.15) is 5.10 Å². The van der Waals surface area contributed by atoms with Crippen molar-refractivity contribution in [3.63, 3.8) is 0 Å². The standard InChI is InChI=1S/C20H22FN5O2/c21-13-5-7-25(10-13)20(28)18-14-11-26(8-6-16(14)23-24-18)19(27)17-9-12-3-1-2-4-15(12)22-17/h1-4,13,17,22H,5-11H2,(H,23,24)/t13-,17?/m0/s1. The minimum Gasteiger partial charge on any atom is -0.373 e. The molecule has 5 rings (SSSR count). The number of halogens is 1. The number of carbonyl (C=O) groups excluding carboxylic acids is 2. The molecule has 0 radical (unpaired) electrons. The van der Waals surface area contributed by atoms with Gasteiger partial charge in [-0.15, -0.1) is 0 Å². The van der Waals surface area contributed by atoms with E-state index >= 15 is 0 Å². The molecule has 0 aliphatic carbocycles. The maximum Gasteiger partial charge on any atom is 0.272 e. The Hall–Kier alpha value is -2.90. The molecular formula is C20H22FN5O2. The number of fused-ring (bicyclic) bond motifs is 2. The maximum atomic E-state index is 13.5. The van der Waals surface area contributed by atoms with Crippen LogP contribution in [0, 0.1) is 0 Å². The molecule has 0 spiro atoms. The number of likely N-dealkylation sites (tertiary alicyclic amines) is 1. The molecule has 1 saturated heterocycles. The molecular weight excluding hydrogens is 361 g/mol. The normalized spacial score (nSPS) is 23.3. The molecule has 1 fully saturated rings. The van der Waals surface area contributed by atoms with Crippen LogP contribution in [0.2, 0.25) is 0 Å². The van der Waals surface area contributed by atoms with Gasteiger partial charge in [0, 0.05) is 43.7 Å². The summed E-state index contributed by atoms with van der Waals surface area (Å²) >= 11 is 0. The molecule has 4 heterocycles. The van der Waals surface area contributed by atoms with Crippen LogP contribution < -0.4 is 5.32 Å². The van der Waals surface area contributed by atoms with Gasteiger partial charge in [-0.3, -0.25) is 14.7 Å². The molecule has 0 saturated carbocycles. The number of rotatable bonds is 2. The van der Waals surface area contributed by atoms with Gasteiger partial charge in [0.05, 0.1) is 12.2 Å². The number of aromatic amines is 1. The minimum absolute atomic E-state index is 0.0337. The number of anilines is 1. The first-order chi connectivity index (χ1) is 13.6. The zero-order chi connectivity index (χ0) is 19.3. The number of benzene rings is 1. The molecule has 28 heavy (non-hydrogen) atoms.